The lowest BCUT2D eigenvalue weighted by molar-refractivity contribution is -0.146. The van der Waals surface area contributed by atoms with Gasteiger partial charge in [-0.3, -0.25) is 9.69 Å². The molecule has 7 heteroatoms. The van der Waals surface area contributed by atoms with E-state index in [0.717, 1.165) is 5.56 Å². The quantitative estimate of drug-likeness (QED) is 0.862. The zero-order chi connectivity index (χ0) is 16.4. The molecule has 1 saturated heterocycles. The second-order valence-electron chi connectivity index (χ2n) is 5.49. The summed E-state index contributed by atoms with van der Waals surface area (Å²) < 4.78 is 10.5. The van der Waals surface area contributed by atoms with Gasteiger partial charge >= 0.3 is 5.97 Å². The van der Waals surface area contributed by atoms with E-state index in [-0.39, 0.29) is 5.97 Å². The summed E-state index contributed by atoms with van der Waals surface area (Å²) in [6.45, 7) is 0.714. The van der Waals surface area contributed by atoms with Crippen LogP contribution in [-0.2, 0) is 16.1 Å². The normalized spacial score (nSPS) is 21.5. The highest BCUT2D eigenvalue weighted by Crippen LogP contribution is 2.26. The average molecular weight is 337 g/mol. The first-order valence-electron chi connectivity index (χ1n) is 7.27. The van der Waals surface area contributed by atoms with Crippen LogP contribution in [0.25, 0.3) is 11.3 Å². The number of esters is 1. The van der Waals surface area contributed by atoms with Crippen LogP contribution < -0.4 is 0 Å². The highest BCUT2D eigenvalue weighted by Gasteiger charge is 2.37. The maximum absolute atomic E-state index is 11.8. The van der Waals surface area contributed by atoms with Crippen molar-refractivity contribution < 1.29 is 19.1 Å². The summed E-state index contributed by atoms with van der Waals surface area (Å²) >= 11 is 5.98. The molecule has 1 fully saturated rings. The summed E-state index contributed by atoms with van der Waals surface area (Å²) in [6.07, 6.45) is 1.43. The number of likely N-dealkylation sites (tertiary alicyclic amines) is 1. The van der Waals surface area contributed by atoms with Gasteiger partial charge in [-0.15, -0.1) is 0 Å². The summed E-state index contributed by atoms with van der Waals surface area (Å²) in [7, 11) is 1.34. The standard InChI is InChI=1S/C16H17ClN2O4/c1-22-16(21)13-6-12(20)8-19(13)9-15-18-7-14(23-15)10-3-2-4-11(17)5-10/h2-5,7,12-13,20H,6,8-9H2,1H3/t12-,13+/m1/s1. The number of benzene rings is 1. The largest absolute Gasteiger partial charge is 0.468 e. The number of methoxy groups -OCH3 is 1. The predicted molar refractivity (Wildman–Crippen MR) is 83.8 cm³/mol. The molecule has 122 valence electrons. The fourth-order valence-corrected chi connectivity index (χ4v) is 2.96. The molecule has 0 aliphatic carbocycles. The number of β-amino-alcohol motifs (C(OH)–C–C–N with tert-alkyl or cyclic N) is 1. The monoisotopic (exact) mass is 336 g/mol. The van der Waals surface area contributed by atoms with E-state index >= 15 is 0 Å². The highest BCUT2D eigenvalue weighted by atomic mass is 35.5. The van der Waals surface area contributed by atoms with Crippen LogP contribution in [0.1, 0.15) is 12.3 Å². The molecular formula is C16H17ClN2O4. The van der Waals surface area contributed by atoms with Gasteiger partial charge in [0.1, 0.15) is 6.04 Å². The third-order valence-corrected chi connectivity index (χ3v) is 4.09. The summed E-state index contributed by atoms with van der Waals surface area (Å²) in [6, 6.07) is 6.82. The number of aliphatic hydroxyl groups excluding tert-OH is 1. The lowest BCUT2D eigenvalue weighted by Gasteiger charge is -2.19. The molecule has 23 heavy (non-hydrogen) atoms. The Morgan fingerprint density at radius 2 is 2.39 bits per heavy atom. The Morgan fingerprint density at radius 3 is 3.13 bits per heavy atom. The van der Waals surface area contributed by atoms with E-state index in [1.165, 1.54) is 7.11 Å². The number of aromatic nitrogens is 1. The molecule has 1 aliphatic rings. The van der Waals surface area contributed by atoms with Crippen LogP contribution in [0, 0.1) is 0 Å². The Balaban J connectivity index is 1.75. The van der Waals surface area contributed by atoms with E-state index in [0.29, 0.717) is 36.2 Å². The molecule has 0 amide bonds. The van der Waals surface area contributed by atoms with Crippen molar-refractivity contribution in [1.29, 1.82) is 0 Å². The molecular weight excluding hydrogens is 320 g/mol. The summed E-state index contributed by atoms with van der Waals surface area (Å²) in [4.78, 5) is 17.8. The minimum absolute atomic E-state index is 0.331. The molecule has 0 saturated carbocycles. The van der Waals surface area contributed by atoms with Crippen molar-refractivity contribution >= 4 is 17.6 Å². The fraction of sp³-hybridized carbons (Fsp3) is 0.375. The molecule has 0 bridgehead atoms. The van der Waals surface area contributed by atoms with Crippen molar-refractivity contribution in [2.75, 3.05) is 13.7 Å². The number of carbonyl (C=O) groups is 1. The Morgan fingerprint density at radius 1 is 1.57 bits per heavy atom. The number of hydrogen-bond donors (Lipinski definition) is 1. The highest BCUT2D eigenvalue weighted by molar-refractivity contribution is 6.30. The van der Waals surface area contributed by atoms with Crippen LogP contribution in [0.4, 0.5) is 0 Å². The maximum atomic E-state index is 11.8. The second-order valence-corrected chi connectivity index (χ2v) is 5.92. The molecule has 1 aromatic carbocycles. The molecule has 2 heterocycles. The van der Waals surface area contributed by atoms with Gasteiger partial charge in [-0.25, -0.2) is 4.98 Å². The zero-order valence-electron chi connectivity index (χ0n) is 12.6. The van der Waals surface area contributed by atoms with Gasteiger partial charge in [0.2, 0.25) is 5.89 Å². The molecule has 2 aromatic rings. The molecule has 0 unspecified atom stereocenters. The third-order valence-electron chi connectivity index (χ3n) is 3.86. The number of nitrogens with zero attached hydrogens (tertiary/aromatic N) is 2. The molecule has 6 nitrogen and oxygen atoms in total. The number of aliphatic hydroxyl groups is 1. The second kappa shape index (κ2) is 6.70. The van der Waals surface area contributed by atoms with Crippen molar-refractivity contribution in [3.8, 4) is 11.3 Å². The van der Waals surface area contributed by atoms with Crippen LogP contribution in [0.15, 0.2) is 34.9 Å². The van der Waals surface area contributed by atoms with E-state index in [1.807, 2.05) is 17.0 Å². The minimum Gasteiger partial charge on any atom is -0.468 e. The van der Waals surface area contributed by atoms with Gasteiger partial charge in [-0.2, -0.15) is 0 Å². The molecule has 1 aromatic heterocycles. The smallest absolute Gasteiger partial charge is 0.323 e. The van der Waals surface area contributed by atoms with Crippen LogP contribution in [0.5, 0.6) is 0 Å². The van der Waals surface area contributed by atoms with Crippen molar-refractivity contribution in [3.63, 3.8) is 0 Å². The topological polar surface area (TPSA) is 75.8 Å². The first kappa shape index (κ1) is 16.0. The van der Waals surface area contributed by atoms with Gasteiger partial charge in [0.15, 0.2) is 5.76 Å². The first-order chi connectivity index (χ1) is 11.1. The minimum atomic E-state index is -0.554. The van der Waals surface area contributed by atoms with Crippen molar-refractivity contribution in [3.05, 3.63) is 41.4 Å². The van der Waals surface area contributed by atoms with Gasteiger partial charge < -0.3 is 14.3 Å². The number of carbonyl (C=O) groups excluding carboxylic acids is 1. The van der Waals surface area contributed by atoms with E-state index in [9.17, 15) is 9.90 Å². The van der Waals surface area contributed by atoms with Crippen LogP contribution in [-0.4, -0.2) is 46.8 Å². The summed E-state index contributed by atoms with van der Waals surface area (Å²) in [5, 5.41) is 10.4. The van der Waals surface area contributed by atoms with Crippen molar-refractivity contribution in [2.24, 2.45) is 0 Å². The predicted octanol–water partition coefficient (Wildman–Crippen LogP) is 2.10. The van der Waals surface area contributed by atoms with Gasteiger partial charge in [-0.1, -0.05) is 23.7 Å². The third kappa shape index (κ3) is 3.55. The van der Waals surface area contributed by atoms with Gasteiger partial charge in [-0.05, 0) is 12.1 Å². The summed E-state index contributed by atoms with van der Waals surface area (Å²) in [5.74, 6) is 0.725. The van der Waals surface area contributed by atoms with E-state index in [2.05, 4.69) is 4.98 Å². The SMILES string of the molecule is COC(=O)[C@@H]1C[C@@H](O)CN1Cc1ncc(-c2cccc(Cl)c2)o1. The van der Waals surface area contributed by atoms with Gasteiger partial charge in [0.25, 0.3) is 0 Å². The molecule has 2 atom stereocenters. The lowest BCUT2D eigenvalue weighted by atomic mass is 10.2. The van der Waals surface area contributed by atoms with Crippen LogP contribution in [0.2, 0.25) is 5.02 Å². The maximum Gasteiger partial charge on any atom is 0.323 e. The first-order valence-corrected chi connectivity index (χ1v) is 7.65. The fourth-order valence-electron chi connectivity index (χ4n) is 2.77. The number of halogens is 1. The van der Waals surface area contributed by atoms with Crippen LogP contribution in [0.3, 0.4) is 0 Å². The molecule has 0 radical (unpaired) electrons. The van der Waals surface area contributed by atoms with Crippen LogP contribution >= 0.6 is 11.6 Å². The Kier molecular flexibility index (Phi) is 4.66. The molecule has 1 N–H and O–H groups in total. The average Bonchev–Trinajstić information content (AvgIpc) is 3.14. The number of ether oxygens (including phenoxy) is 1. The molecule has 1 aliphatic heterocycles. The molecule has 0 spiro atoms. The lowest BCUT2D eigenvalue weighted by Crippen LogP contribution is -2.36. The van der Waals surface area contributed by atoms with E-state index < -0.39 is 12.1 Å². The zero-order valence-corrected chi connectivity index (χ0v) is 13.4. The van der Waals surface area contributed by atoms with Crippen molar-refractivity contribution in [1.82, 2.24) is 9.88 Å². The van der Waals surface area contributed by atoms with E-state index in [4.69, 9.17) is 20.8 Å². The Bertz CT molecular complexity index is 703. The number of oxazole rings is 1. The molecule has 3 rings (SSSR count). The van der Waals surface area contributed by atoms with Crippen molar-refractivity contribution in [2.45, 2.75) is 25.1 Å². The summed E-state index contributed by atoms with van der Waals surface area (Å²) in [5.41, 5.74) is 0.835. The van der Waals surface area contributed by atoms with Gasteiger partial charge in [0.05, 0.1) is 26.0 Å². The van der Waals surface area contributed by atoms with E-state index in [1.54, 1.807) is 18.3 Å². The Labute approximate surface area is 138 Å². The number of hydrogen-bond acceptors (Lipinski definition) is 6. The number of rotatable bonds is 4. The Hall–Kier alpha value is -1.89. The van der Waals surface area contributed by atoms with Gasteiger partial charge in [0, 0.05) is 23.6 Å².